The van der Waals surface area contributed by atoms with E-state index in [1.54, 1.807) is 26.2 Å². The van der Waals surface area contributed by atoms with Crippen LogP contribution in [-0.2, 0) is 12.2 Å². The molecule has 0 spiro atoms. The minimum Gasteiger partial charge on any atom is -0.391 e. The third kappa shape index (κ3) is 5.08. The Hall–Kier alpha value is -1.86. The maximum absolute atomic E-state index is 13.9. The molecular formula is C18H21ClFN3O2S. The molecule has 0 radical (unpaired) electrons. The lowest BCUT2D eigenvalue weighted by Gasteiger charge is -2.15. The first-order chi connectivity index (χ1) is 12.3. The molecule has 2 aromatic rings. The summed E-state index contributed by atoms with van der Waals surface area (Å²) in [4.78, 5) is 22.1. The highest BCUT2D eigenvalue weighted by Crippen LogP contribution is 2.30. The largest absolute Gasteiger partial charge is 0.416 e. The van der Waals surface area contributed by atoms with Crippen LogP contribution < -0.4 is 4.74 Å². The van der Waals surface area contributed by atoms with Gasteiger partial charge in [0.05, 0.1) is 0 Å². The molecule has 0 aliphatic rings. The number of halogens is 2. The highest BCUT2D eigenvalue weighted by atomic mass is 35.5. The molecule has 0 fully saturated rings. The topological polar surface area (TPSA) is 55.3 Å². The molecule has 1 aromatic heterocycles. The normalized spacial score (nSPS) is 10.7. The van der Waals surface area contributed by atoms with E-state index in [-0.39, 0.29) is 17.5 Å². The Morgan fingerprint density at radius 2 is 2.04 bits per heavy atom. The molecule has 0 atom stereocenters. The second kappa shape index (κ2) is 9.19. The number of hydrogen-bond donors (Lipinski definition) is 0. The molecular weight excluding hydrogens is 377 g/mol. The van der Waals surface area contributed by atoms with Crippen LogP contribution in [0.15, 0.2) is 23.4 Å². The second-order valence-electron chi connectivity index (χ2n) is 5.88. The van der Waals surface area contributed by atoms with Gasteiger partial charge in [0.15, 0.2) is 5.16 Å². The minimum atomic E-state index is -0.506. The number of benzene rings is 1. The number of carbonyl (C=O) groups excluding carboxylic acids is 1. The van der Waals surface area contributed by atoms with Gasteiger partial charge in [0.2, 0.25) is 5.88 Å². The lowest BCUT2D eigenvalue weighted by Crippen LogP contribution is -2.26. The molecule has 1 amide bonds. The summed E-state index contributed by atoms with van der Waals surface area (Å²) in [5.74, 6) is 0.155. The zero-order valence-electron chi connectivity index (χ0n) is 15.2. The van der Waals surface area contributed by atoms with Gasteiger partial charge in [-0.25, -0.2) is 14.2 Å². The molecule has 8 heteroatoms. The van der Waals surface area contributed by atoms with Crippen LogP contribution in [0.2, 0.25) is 5.02 Å². The number of aryl methyl sites for hydroxylation is 1. The standard InChI is InChI=1S/C18H21ClFN3O2S/c1-5-7-12-11(2)21-17(22-16(12)25-18(24)23(3)4)26-10-13-14(19)8-6-9-15(13)20/h6,8-9H,5,7,10H2,1-4H3. The third-order valence-electron chi connectivity index (χ3n) is 3.61. The highest BCUT2D eigenvalue weighted by molar-refractivity contribution is 7.98. The van der Waals surface area contributed by atoms with Gasteiger partial charge in [-0.2, -0.15) is 4.98 Å². The second-order valence-corrected chi connectivity index (χ2v) is 7.23. The van der Waals surface area contributed by atoms with Crippen molar-refractivity contribution in [1.29, 1.82) is 0 Å². The molecule has 5 nitrogen and oxygen atoms in total. The van der Waals surface area contributed by atoms with Crippen LogP contribution in [0.3, 0.4) is 0 Å². The van der Waals surface area contributed by atoms with Crippen molar-refractivity contribution in [1.82, 2.24) is 14.9 Å². The van der Waals surface area contributed by atoms with Crippen LogP contribution in [0.5, 0.6) is 5.88 Å². The minimum absolute atomic E-state index is 0.250. The zero-order chi connectivity index (χ0) is 19.3. The number of amides is 1. The molecule has 0 aliphatic carbocycles. The lowest BCUT2D eigenvalue weighted by atomic mass is 10.1. The highest BCUT2D eigenvalue weighted by Gasteiger charge is 2.18. The number of rotatable bonds is 6. The fourth-order valence-electron chi connectivity index (χ4n) is 2.21. The molecule has 26 heavy (non-hydrogen) atoms. The zero-order valence-corrected chi connectivity index (χ0v) is 16.7. The summed E-state index contributed by atoms with van der Waals surface area (Å²) in [6.07, 6.45) is 1.06. The molecule has 0 aliphatic heterocycles. The Labute approximate surface area is 161 Å². The summed E-state index contributed by atoms with van der Waals surface area (Å²) in [6.45, 7) is 3.87. The molecule has 0 bridgehead atoms. The number of hydrogen-bond acceptors (Lipinski definition) is 5. The van der Waals surface area contributed by atoms with Crippen LogP contribution in [0, 0.1) is 12.7 Å². The Kier molecular flexibility index (Phi) is 7.23. The average molecular weight is 398 g/mol. The van der Waals surface area contributed by atoms with Crippen molar-refractivity contribution in [2.45, 2.75) is 37.6 Å². The molecule has 0 saturated heterocycles. The smallest absolute Gasteiger partial charge is 0.391 e. The van der Waals surface area contributed by atoms with Gasteiger partial charge in [-0.15, -0.1) is 0 Å². The molecule has 2 rings (SSSR count). The number of carbonyl (C=O) groups is 1. The molecule has 1 aromatic carbocycles. The Bertz CT molecular complexity index is 782. The van der Waals surface area contributed by atoms with Crippen LogP contribution in [0.1, 0.15) is 30.2 Å². The fourth-order valence-corrected chi connectivity index (χ4v) is 3.44. The lowest BCUT2D eigenvalue weighted by molar-refractivity contribution is 0.169. The maximum Gasteiger partial charge on any atom is 0.416 e. The summed E-state index contributed by atoms with van der Waals surface area (Å²) in [7, 11) is 3.21. The van der Waals surface area contributed by atoms with E-state index in [1.807, 2.05) is 13.8 Å². The van der Waals surface area contributed by atoms with Crippen LogP contribution >= 0.6 is 23.4 Å². The summed E-state index contributed by atoms with van der Waals surface area (Å²) in [5, 5.41) is 0.763. The third-order valence-corrected chi connectivity index (χ3v) is 4.84. The maximum atomic E-state index is 13.9. The number of nitrogens with zero attached hydrogens (tertiary/aromatic N) is 3. The Balaban J connectivity index is 2.28. The van der Waals surface area contributed by atoms with Gasteiger partial charge in [-0.3, -0.25) is 0 Å². The van der Waals surface area contributed by atoms with Gasteiger partial charge in [-0.1, -0.05) is 42.8 Å². The molecule has 1 heterocycles. The predicted octanol–water partition coefficient (Wildman–Crippen LogP) is 4.88. The number of aromatic nitrogens is 2. The van der Waals surface area contributed by atoms with E-state index >= 15 is 0 Å². The van der Waals surface area contributed by atoms with Crippen molar-refractivity contribution in [3.8, 4) is 5.88 Å². The average Bonchev–Trinajstić information content (AvgIpc) is 2.57. The van der Waals surface area contributed by atoms with E-state index < -0.39 is 6.09 Å². The van der Waals surface area contributed by atoms with Crippen molar-refractivity contribution < 1.29 is 13.9 Å². The fraction of sp³-hybridized carbons (Fsp3) is 0.389. The van der Waals surface area contributed by atoms with Crippen LogP contribution in [-0.4, -0.2) is 35.1 Å². The van der Waals surface area contributed by atoms with Crippen molar-refractivity contribution in [3.63, 3.8) is 0 Å². The van der Waals surface area contributed by atoms with Gasteiger partial charge < -0.3 is 9.64 Å². The van der Waals surface area contributed by atoms with E-state index in [0.29, 0.717) is 22.2 Å². The van der Waals surface area contributed by atoms with Gasteiger partial charge in [-0.05, 0) is 25.5 Å². The monoisotopic (exact) mass is 397 g/mol. The van der Waals surface area contributed by atoms with E-state index in [4.69, 9.17) is 16.3 Å². The van der Waals surface area contributed by atoms with Gasteiger partial charge >= 0.3 is 6.09 Å². The molecule has 140 valence electrons. The van der Waals surface area contributed by atoms with Crippen LogP contribution in [0.4, 0.5) is 9.18 Å². The first-order valence-electron chi connectivity index (χ1n) is 8.15. The predicted molar refractivity (Wildman–Crippen MR) is 101 cm³/mol. The summed E-state index contributed by atoms with van der Waals surface area (Å²) in [5.41, 5.74) is 1.94. The first-order valence-corrected chi connectivity index (χ1v) is 9.52. The number of thioether (sulfide) groups is 1. The van der Waals surface area contributed by atoms with Gasteiger partial charge in [0.25, 0.3) is 0 Å². The Morgan fingerprint density at radius 1 is 1.31 bits per heavy atom. The Morgan fingerprint density at radius 3 is 2.65 bits per heavy atom. The van der Waals surface area contributed by atoms with Crippen molar-refractivity contribution >= 4 is 29.5 Å². The summed E-state index contributed by atoms with van der Waals surface area (Å²) in [6, 6.07) is 4.56. The van der Waals surface area contributed by atoms with E-state index in [2.05, 4.69) is 9.97 Å². The van der Waals surface area contributed by atoms with Crippen molar-refractivity contribution in [2.75, 3.05) is 14.1 Å². The van der Waals surface area contributed by atoms with Crippen molar-refractivity contribution in [3.05, 3.63) is 45.9 Å². The SMILES string of the molecule is CCCc1c(C)nc(SCc2c(F)cccc2Cl)nc1OC(=O)N(C)C. The molecule has 0 saturated carbocycles. The molecule has 0 N–H and O–H groups in total. The van der Waals surface area contributed by atoms with Gasteiger partial charge in [0.1, 0.15) is 5.82 Å². The summed E-state index contributed by atoms with van der Waals surface area (Å²) >= 11 is 7.30. The summed E-state index contributed by atoms with van der Waals surface area (Å²) < 4.78 is 19.3. The van der Waals surface area contributed by atoms with Gasteiger partial charge in [0, 0.05) is 41.7 Å². The quantitative estimate of drug-likeness (QED) is 0.513. The van der Waals surface area contributed by atoms with E-state index in [1.165, 1.54) is 22.7 Å². The molecule has 0 unspecified atom stereocenters. The van der Waals surface area contributed by atoms with E-state index in [9.17, 15) is 9.18 Å². The first kappa shape index (κ1) is 20.5. The van der Waals surface area contributed by atoms with Crippen LogP contribution in [0.25, 0.3) is 0 Å². The van der Waals surface area contributed by atoms with E-state index in [0.717, 1.165) is 17.7 Å². The number of ether oxygens (including phenoxy) is 1. The van der Waals surface area contributed by atoms with Crippen molar-refractivity contribution in [2.24, 2.45) is 0 Å².